The van der Waals surface area contributed by atoms with Crippen LogP contribution in [-0.2, 0) is 0 Å². The molecule has 0 bridgehead atoms. The highest BCUT2D eigenvalue weighted by Crippen LogP contribution is 2.26. The van der Waals surface area contributed by atoms with E-state index >= 15 is 0 Å². The van der Waals surface area contributed by atoms with Crippen LogP contribution in [0.1, 0.15) is 22.0 Å². The van der Waals surface area contributed by atoms with E-state index in [9.17, 15) is 9.18 Å². The maximum absolute atomic E-state index is 13.5. The van der Waals surface area contributed by atoms with Crippen molar-refractivity contribution >= 4 is 42.3 Å². The molecule has 1 unspecified atom stereocenters. The van der Waals surface area contributed by atoms with E-state index in [-0.39, 0.29) is 42.6 Å². The monoisotopic (exact) mass is 391 g/mol. The first kappa shape index (κ1) is 20.6. The number of carbonyl (C=O) groups excluding carboxylic acids is 1. The summed E-state index contributed by atoms with van der Waals surface area (Å²) in [5, 5.41) is 3.57. The molecule has 130 valence electrons. The lowest BCUT2D eigenvalue weighted by Gasteiger charge is -2.36. The molecule has 0 saturated carbocycles. The number of pyridine rings is 1. The summed E-state index contributed by atoms with van der Waals surface area (Å²) < 4.78 is 13.5. The Labute approximate surface area is 157 Å². The van der Waals surface area contributed by atoms with Crippen LogP contribution >= 0.6 is 36.4 Å². The van der Waals surface area contributed by atoms with Crippen molar-refractivity contribution in [1.29, 1.82) is 0 Å². The molecule has 2 aromatic rings. The van der Waals surface area contributed by atoms with Crippen LogP contribution in [-0.4, -0.2) is 35.4 Å². The fourth-order valence-electron chi connectivity index (χ4n) is 2.66. The van der Waals surface area contributed by atoms with Gasteiger partial charge in [-0.25, -0.2) is 4.39 Å². The molecule has 0 spiro atoms. The molecule has 1 amide bonds. The highest BCUT2D eigenvalue weighted by Gasteiger charge is 2.29. The van der Waals surface area contributed by atoms with Crippen LogP contribution < -0.4 is 5.32 Å². The van der Waals surface area contributed by atoms with Crippen molar-refractivity contribution in [1.82, 2.24) is 15.2 Å². The Morgan fingerprint density at radius 3 is 2.83 bits per heavy atom. The zero-order valence-electron chi connectivity index (χ0n) is 12.6. The Kier molecular flexibility index (Phi) is 7.90. The summed E-state index contributed by atoms with van der Waals surface area (Å²) in [6.07, 6.45) is 2.99. The number of piperazine rings is 1. The second kappa shape index (κ2) is 9.18. The first-order chi connectivity index (χ1) is 10.7. The predicted octanol–water partition coefficient (Wildman–Crippen LogP) is 3.50. The molecule has 1 aliphatic rings. The van der Waals surface area contributed by atoms with Crippen molar-refractivity contribution in [3.8, 4) is 0 Å². The zero-order valence-corrected chi connectivity index (χ0v) is 15.0. The van der Waals surface area contributed by atoms with Gasteiger partial charge in [-0.2, -0.15) is 0 Å². The summed E-state index contributed by atoms with van der Waals surface area (Å²) in [6.45, 7) is 1.82. The Bertz CT molecular complexity index is 702. The molecule has 1 aromatic heterocycles. The molecular weight excluding hydrogens is 376 g/mol. The van der Waals surface area contributed by atoms with Crippen LogP contribution in [0.15, 0.2) is 42.7 Å². The number of nitrogens with zero attached hydrogens (tertiary/aromatic N) is 2. The Morgan fingerprint density at radius 1 is 1.33 bits per heavy atom. The van der Waals surface area contributed by atoms with Gasteiger partial charge in [-0.1, -0.05) is 23.7 Å². The smallest absolute Gasteiger partial charge is 0.256 e. The minimum absolute atomic E-state index is 0. The average molecular weight is 393 g/mol. The van der Waals surface area contributed by atoms with Crippen LogP contribution in [0.4, 0.5) is 4.39 Å². The van der Waals surface area contributed by atoms with E-state index in [4.69, 9.17) is 11.6 Å². The zero-order chi connectivity index (χ0) is 15.5. The normalized spacial score (nSPS) is 16.8. The van der Waals surface area contributed by atoms with Crippen LogP contribution in [0.25, 0.3) is 0 Å². The van der Waals surface area contributed by atoms with Gasteiger partial charge in [-0.15, -0.1) is 24.8 Å². The van der Waals surface area contributed by atoms with E-state index < -0.39 is 0 Å². The third-order valence-corrected chi connectivity index (χ3v) is 4.04. The van der Waals surface area contributed by atoms with Crippen LogP contribution in [0, 0.1) is 5.82 Å². The van der Waals surface area contributed by atoms with Crippen LogP contribution in [0.2, 0.25) is 5.02 Å². The minimum Gasteiger partial charge on any atom is -0.329 e. The number of aromatic nitrogens is 1. The molecule has 1 N–H and O–H groups in total. The molecule has 0 aliphatic carbocycles. The van der Waals surface area contributed by atoms with Gasteiger partial charge in [0.1, 0.15) is 5.82 Å². The van der Waals surface area contributed by atoms with Gasteiger partial charge in [0.15, 0.2) is 0 Å². The lowest BCUT2D eigenvalue weighted by atomic mass is 10.0. The predicted molar refractivity (Wildman–Crippen MR) is 96.8 cm³/mol. The lowest BCUT2D eigenvalue weighted by molar-refractivity contribution is 0.0634. The van der Waals surface area contributed by atoms with Crippen LogP contribution in [0.3, 0.4) is 0 Å². The standard InChI is InChI=1S/C16H15ClFN3O.2ClH/c17-14-9-19-5-4-13(14)16(22)21-7-6-20-10-15(21)11-2-1-3-12(18)8-11;;/h1-5,8-9,15,20H,6-7,10H2;2*1H. The highest BCUT2D eigenvalue weighted by atomic mass is 35.5. The quantitative estimate of drug-likeness (QED) is 0.851. The molecule has 1 saturated heterocycles. The molecular formula is C16H17Cl3FN3O. The SMILES string of the molecule is Cl.Cl.O=C(c1ccncc1Cl)N1CCNCC1c1cccc(F)c1. The van der Waals surface area contributed by atoms with Crippen molar-refractivity contribution in [3.05, 3.63) is 64.7 Å². The molecule has 0 radical (unpaired) electrons. The summed E-state index contributed by atoms with van der Waals surface area (Å²) in [4.78, 5) is 18.4. The van der Waals surface area contributed by atoms with Gasteiger partial charge >= 0.3 is 0 Å². The third kappa shape index (κ3) is 4.36. The molecule has 4 nitrogen and oxygen atoms in total. The molecule has 1 atom stereocenters. The van der Waals surface area contributed by atoms with E-state index in [0.29, 0.717) is 30.2 Å². The van der Waals surface area contributed by atoms with Gasteiger partial charge in [0.2, 0.25) is 0 Å². The first-order valence-electron chi connectivity index (χ1n) is 7.03. The molecule has 8 heteroatoms. The minimum atomic E-state index is -0.308. The molecule has 2 heterocycles. The summed E-state index contributed by atoms with van der Waals surface area (Å²) in [7, 11) is 0. The fourth-order valence-corrected chi connectivity index (χ4v) is 2.86. The fraction of sp³-hybridized carbons (Fsp3) is 0.250. The third-order valence-electron chi connectivity index (χ3n) is 3.74. The van der Waals surface area contributed by atoms with E-state index in [1.807, 2.05) is 6.07 Å². The number of halogens is 4. The van der Waals surface area contributed by atoms with E-state index in [1.54, 1.807) is 23.2 Å². The Hall–Kier alpha value is -1.40. The molecule has 1 fully saturated rings. The maximum atomic E-state index is 13.5. The molecule has 1 aliphatic heterocycles. The van der Waals surface area contributed by atoms with Gasteiger partial charge in [-0.3, -0.25) is 9.78 Å². The number of carbonyl (C=O) groups is 1. The molecule has 3 rings (SSSR count). The molecule has 1 aromatic carbocycles. The highest BCUT2D eigenvalue weighted by molar-refractivity contribution is 6.33. The van der Waals surface area contributed by atoms with Crippen molar-refractivity contribution < 1.29 is 9.18 Å². The average Bonchev–Trinajstić information content (AvgIpc) is 2.55. The second-order valence-electron chi connectivity index (χ2n) is 5.13. The summed E-state index contributed by atoms with van der Waals surface area (Å²) in [5.41, 5.74) is 1.19. The maximum Gasteiger partial charge on any atom is 0.256 e. The summed E-state index contributed by atoms with van der Waals surface area (Å²) >= 11 is 6.07. The number of benzene rings is 1. The second-order valence-corrected chi connectivity index (χ2v) is 5.54. The topological polar surface area (TPSA) is 45.2 Å². The molecule has 24 heavy (non-hydrogen) atoms. The van der Waals surface area contributed by atoms with Gasteiger partial charge in [0, 0.05) is 32.0 Å². The Morgan fingerprint density at radius 2 is 2.12 bits per heavy atom. The van der Waals surface area contributed by atoms with E-state index in [1.165, 1.54) is 18.3 Å². The van der Waals surface area contributed by atoms with Gasteiger partial charge in [0.25, 0.3) is 5.91 Å². The summed E-state index contributed by atoms with van der Waals surface area (Å²) in [6, 6.07) is 7.73. The van der Waals surface area contributed by atoms with Crippen molar-refractivity contribution in [2.75, 3.05) is 19.6 Å². The van der Waals surface area contributed by atoms with Crippen molar-refractivity contribution in [2.24, 2.45) is 0 Å². The van der Waals surface area contributed by atoms with Gasteiger partial charge in [0.05, 0.1) is 16.6 Å². The number of amides is 1. The van der Waals surface area contributed by atoms with Crippen molar-refractivity contribution in [2.45, 2.75) is 6.04 Å². The van der Waals surface area contributed by atoms with E-state index in [2.05, 4.69) is 10.3 Å². The summed E-state index contributed by atoms with van der Waals surface area (Å²) in [5.74, 6) is -0.472. The largest absolute Gasteiger partial charge is 0.329 e. The van der Waals surface area contributed by atoms with Crippen LogP contribution in [0.5, 0.6) is 0 Å². The first-order valence-corrected chi connectivity index (χ1v) is 7.41. The van der Waals surface area contributed by atoms with Gasteiger partial charge in [-0.05, 0) is 23.8 Å². The van der Waals surface area contributed by atoms with Crippen molar-refractivity contribution in [3.63, 3.8) is 0 Å². The number of nitrogens with one attached hydrogen (secondary N) is 1. The van der Waals surface area contributed by atoms with E-state index in [0.717, 1.165) is 5.56 Å². The number of rotatable bonds is 2. The number of hydrogen-bond acceptors (Lipinski definition) is 3. The Balaban J connectivity index is 0.00000144. The lowest BCUT2D eigenvalue weighted by Crippen LogP contribution is -2.48. The number of hydrogen-bond donors (Lipinski definition) is 1. The van der Waals surface area contributed by atoms with Gasteiger partial charge < -0.3 is 10.2 Å².